The Hall–Kier alpha value is -5.25. The van der Waals surface area contributed by atoms with Crippen LogP contribution in [0.2, 0.25) is 0 Å². The van der Waals surface area contributed by atoms with Crippen LogP contribution in [0.5, 0.6) is 11.5 Å². The number of ether oxygens (including phenoxy) is 1. The molecule has 0 saturated heterocycles. The number of aromatic nitrogens is 4. The first-order chi connectivity index (χ1) is 22.9. The van der Waals surface area contributed by atoms with E-state index < -0.39 is 0 Å². The average Bonchev–Trinajstić information content (AvgIpc) is 3.69. The number of imidazole rings is 1. The van der Waals surface area contributed by atoms with Gasteiger partial charge in [-0.15, -0.1) is 29.7 Å². The molecule has 4 aromatic heterocycles. The van der Waals surface area contributed by atoms with E-state index in [2.05, 4.69) is 133 Å². The minimum atomic E-state index is -0.00614. The third-order valence-electron chi connectivity index (χ3n) is 8.99. The van der Waals surface area contributed by atoms with Crippen LogP contribution in [-0.4, -0.2) is 18.9 Å². The summed E-state index contributed by atoms with van der Waals surface area (Å²) in [4.78, 5) is 9.91. The average molecular weight is 802 g/mol. The number of hydrogen-bond acceptors (Lipinski definition) is 3. The second-order valence-electron chi connectivity index (χ2n) is 13.0. The monoisotopic (exact) mass is 801 g/mol. The first kappa shape index (κ1) is 30.1. The van der Waals surface area contributed by atoms with Gasteiger partial charge in [-0.2, -0.15) is 6.07 Å². The molecule has 0 aliphatic carbocycles. The number of fused-ring (bicyclic) bond motifs is 9. The third kappa shape index (κ3) is 4.89. The zero-order chi connectivity index (χ0) is 31.7. The first-order valence-corrected chi connectivity index (χ1v) is 15.8. The third-order valence-corrected chi connectivity index (χ3v) is 8.99. The van der Waals surface area contributed by atoms with Gasteiger partial charge < -0.3 is 13.7 Å². The summed E-state index contributed by atoms with van der Waals surface area (Å²) in [6.45, 7) is 6.66. The van der Waals surface area contributed by atoms with E-state index in [0.29, 0.717) is 11.5 Å². The molecule has 0 atom stereocenters. The molecule has 0 N–H and O–H groups in total. The van der Waals surface area contributed by atoms with Crippen molar-refractivity contribution in [2.45, 2.75) is 26.2 Å². The molecule has 234 valence electrons. The maximum atomic E-state index is 6.53. The maximum absolute atomic E-state index is 6.53. The molecule has 5 nitrogen and oxygen atoms in total. The molecule has 0 aliphatic rings. The molecule has 9 aromatic rings. The van der Waals surface area contributed by atoms with Crippen LogP contribution in [0.4, 0.5) is 0 Å². The van der Waals surface area contributed by atoms with Crippen molar-refractivity contribution < 1.29 is 25.8 Å². The van der Waals surface area contributed by atoms with E-state index in [1.165, 1.54) is 5.56 Å². The molecular formula is C42H30N4OPt. The molecule has 0 saturated carbocycles. The molecule has 0 spiro atoms. The summed E-state index contributed by atoms with van der Waals surface area (Å²) in [7, 11) is 0. The Bertz CT molecular complexity index is 2650. The number of benzene rings is 5. The van der Waals surface area contributed by atoms with Crippen LogP contribution in [0.25, 0.3) is 66.2 Å². The van der Waals surface area contributed by atoms with Crippen LogP contribution in [0.1, 0.15) is 26.3 Å². The van der Waals surface area contributed by atoms with Crippen molar-refractivity contribution in [3.05, 3.63) is 145 Å². The maximum Gasteiger partial charge on any atom is 2.00 e. The number of rotatable bonds is 4. The summed E-state index contributed by atoms with van der Waals surface area (Å²) in [5.41, 5.74) is 7.13. The molecule has 0 fully saturated rings. The Balaban J connectivity index is 0.00000336. The summed E-state index contributed by atoms with van der Waals surface area (Å²) in [5, 5.41) is 5.36. The van der Waals surface area contributed by atoms with Gasteiger partial charge in [0.15, 0.2) is 0 Å². The van der Waals surface area contributed by atoms with Crippen LogP contribution in [0.15, 0.2) is 128 Å². The van der Waals surface area contributed by atoms with Crippen molar-refractivity contribution in [3.63, 3.8) is 0 Å². The van der Waals surface area contributed by atoms with Crippen LogP contribution >= 0.6 is 0 Å². The van der Waals surface area contributed by atoms with Gasteiger partial charge in [0.25, 0.3) is 0 Å². The minimum Gasteiger partial charge on any atom is -0.503 e. The quantitative estimate of drug-likeness (QED) is 0.132. The molecule has 0 amide bonds. The van der Waals surface area contributed by atoms with Crippen molar-refractivity contribution in [1.82, 2.24) is 18.9 Å². The number of para-hydroxylation sites is 2. The van der Waals surface area contributed by atoms with Gasteiger partial charge >= 0.3 is 21.1 Å². The minimum absolute atomic E-state index is 0. The molecule has 0 aliphatic heterocycles. The van der Waals surface area contributed by atoms with Crippen molar-refractivity contribution in [1.29, 1.82) is 0 Å². The molecular weight excluding hydrogens is 772 g/mol. The fourth-order valence-electron chi connectivity index (χ4n) is 6.63. The van der Waals surface area contributed by atoms with Crippen molar-refractivity contribution in [2.75, 3.05) is 0 Å². The summed E-state index contributed by atoms with van der Waals surface area (Å²) in [5.74, 6) is 2.07. The Labute approximate surface area is 292 Å². The number of pyridine rings is 2. The standard InChI is InChI=1S/C42H30N4O.Pt/c1-42(2,3)28-21-22-43-40(23-28)46-38-16-10-8-14-33(38)34-20-18-30(25-39(34)46)47-29-17-19-31-32-13-7-9-15-37(32)45-26-36(27-11-5-4-6-12-27)44-41(45)35(31)24-29;/h4-23,26H,1-3H3;/q-2;+2. The van der Waals surface area contributed by atoms with Gasteiger partial charge in [-0.25, -0.2) is 4.98 Å². The van der Waals surface area contributed by atoms with Gasteiger partial charge in [0, 0.05) is 40.5 Å². The second-order valence-corrected chi connectivity index (χ2v) is 13.0. The van der Waals surface area contributed by atoms with E-state index in [1.54, 1.807) is 0 Å². The largest absolute Gasteiger partial charge is 2.00 e. The molecule has 6 heteroatoms. The zero-order valence-corrected chi connectivity index (χ0v) is 28.9. The van der Waals surface area contributed by atoms with Gasteiger partial charge in [0.05, 0.1) is 11.3 Å². The van der Waals surface area contributed by atoms with E-state index in [-0.39, 0.29) is 26.5 Å². The van der Waals surface area contributed by atoms with E-state index >= 15 is 0 Å². The molecule has 4 heterocycles. The van der Waals surface area contributed by atoms with Gasteiger partial charge in [0.1, 0.15) is 5.82 Å². The molecule has 48 heavy (non-hydrogen) atoms. The topological polar surface area (TPSA) is 44.4 Å². The fourth-order valence-corrected chi connectivity index (χ4v) is 6.63. The van der Waals surface area contributed by atoms with Gasteiger partial charge in [-0.1, -0.05) is 110 Å². The summed E-state index contributed by atoms with van der Waals surface area (Å²) < 4.78 is 10.9. The SMILES string of the molecule is CC(C)(C)c1ccnc(-n2c3[c-]c(Oc4[c-]c5c(cc4)c4ccccc4n4cc(-c6ccccc6)nc54)ccc3c3ccccc32)c1.[Pt+2]. The Morgan fingerprint density at radius 1 is 0.667 bits per heavy atom. The van der Waals surface area contributed by atoms with Crippen LogP contribution in [-0.2, 0) is 26.5 Å². The van der Waals surface area contributed by atoms with Crippen LogP contribution < -0.4 is 4.74 Å². The van der Waals surface area contributed by atoms with Crippen LogP contribution in [0, 0.1) is 12.1 Å². The first-order valence-electron chi connectivity index (χ1n) is 15.8. The normalized spacial score (nSPS) is 11.9. The van der Waals surface area contributed by atoms with Gasteiger partial charge in [-0.3, -0.25) is 4.98 Å². The molecule has 0 unspecified atom stereocenters. The Morgan fingerprint density at radius 3 is 2.10 bits per heavy atom. The summed E-state index contributed by atoms with van der Waals surface area (Å²) in [6, 6.07) is 46.7. The number of hydrogen-bond donors (Lipinski definition) is 0. The smallest absolute Gasteiger partial charge is 0.503 e. The van der Waals surface area contributed by atoms with E-state index in [4.69, 9.17) is 14.7 Å². The zero-order valence-electron chi connectivity index (χ0n) is 26.6. The predicted molar refractivity (Wildman–Crippen MR) is 191 cm³/mol. The molecule has 0 bridgehead atoms. The van der Waals surface area contributed by atoms with E-state index in [9.17, 15) is 0 Å². The van der Waals surface area contributed by atoms with E-state index in [1.807, 2.05) is 36.5 Å². The van der Waals surface area contributed by atoms with Gasteiger partial charge in [0.2, 0.25) is 0 Å². The Morgan fingerprint density at radius 2 is 1.33 bits per heavy atom. The van der Waals surface area contributed by atoms with Crippen molar-refractivity contribution >= 4 is 49.1 Å². The van der Waals surface area contributed by atoms with E-state index in [0.717, 1.165) is 66.2 Å². The fraction of sp³-hybridized carbons (Fsp3) is 0.0952. The second kappa shape index (κ2) is 11.5. The molecule has 0 radical (unpaired) electrons. The van der Waals surface area contributed by atoms with Crippen molar-refractivity contribution in [2.24, 2.45) is 0 Å². The van der Waals surface area contributed by atoms with Crippen molar-refractivity contribution in [3.8, 4) is 28.6 Å². The number of nitrogens with zero attached hydrogens (tertiary/aromatic N) is 4. The molecule has 5 aromatic carbocycles. The summed E-state index contributed by atoms with van der Waals surface area (Å²) >= 11 is 0. The predicted octanol–water partition coefficient (Wildman–Crippen LogP) is 10.5. The molecule has 9 rings (SSSR count). The van der Waals surface area contributed by atoms with Gasteiger partial charge in [-0.05, 0) is 46.0 Å². The Kier molecular flexibility index (Phi) is 7.19. The van der Waals surface area contributed by atoms with Crippen LogP contribution in [0.3, 0.4) is 0 Å². The summed E-state index contributed by atoms with van der Waals surface area (Å²) in [6.07, 6.45) is 4.00.